The number of aliphatic hydroxyl groups excluding tert-OH is 1. The van der Waals surface area contributed by atoms with E-state index in [1.807, 2.05) is 26.0 Å². The Morgan fingerprint density at radius 3 is 2.62 bits per heavy atom. The van der Waals surface area contributed by atoms with E-state index in [4.69, 9.17) is 24.4 Å². The SMILES string of the molecule is C=CCNc1c(O)cc2nc3oc2c1C[C@@H](C)C[C@H](OC)[C@H](O)[C@@H](C)/C=C(\C)[C@H](OC(N)=O)[C@@H](OC)/C=C\C=C\3C.Cl. The Labute approximate surface area is 253 Å². The molecule has 3 rings (SSSR count). The van der Waals surface area contributed by atoms with Crippen LogP contribution in [0.4, 0.5) is 10.5 Å². The molecule has 2 heterocycles. The summed E-state index contributed by atoms with van der Waals surface area (Å²) in [6.45, 7) is 11.8. The fourth-order valence-electron chi connectivity index (χ4n) is 5.23. The number of allylic oxidation sites excluding steroid dienone is 3. The molecule has 0 unspecified atom stereocenters. The number of fused-ring (bicyclic) bond motifs is 1. The van der Waals surface area contributed by atoms with Crippen molar-refractivity contribution in [3.63, 3.8) is 0 Å². The van der Waals surface area contributed by atoms with Crippen LogP contribution in [0.2, 0.25) is 0 Å². The van der Waals surface area contributed by atoms with E-state index in [0.29, 0.717) is 47.6 Å². The van der Waals surface area contributed by atoms with E-state index in [2.05, 4.69) is 23.8 Å². The van der Waals surface area contributed by atoms with Gasteiger partial charge in [0.15, 0.2) is 11.7 Å². The Morgan fingerprint density at radius 2 is 2.00 bits per heavy atom. The first-order chi connectivity index (χ1) is 19.5. The number of carbonyl (C=O) groups is 1. The van der Waals surface area contributed by atoms with Gasteiger partial charge < -0.3 is 39.9 Å². The lowest BCUT2D eigenvalue weighted by Crippen LogP contribution is -2.37. The zero-order valence-corrected chi connectivity index (χ0v) is 25.9. The van der Waals surface area contributed by atoms with E-state index in [1.54, 1.807) is 38.3 Å². The van der Waals surface area contributed by atoms with E-state index >= 15 is 0 Å². The highest BCUT2D eigenvalue weighted by atomic mass is 35.5. The average Bonchev–Trinajstić information content (AvgIpc) is 3.35. The van der Waals surface area contributed by atoms with Crippen LogP contribution in [-0.2, 0) is 20.6 Å². The van der Waals surface area contributed by atoms with Crippen molar-refractivity contribution in [1.82, 2.24) is 4.98 Å². The maximum absolute atomic E-state index is 11.8. The molecule has 5 N–H and O–H groups in total. The maximum atomic E-state index is 11.8. The molecule has 2 bridgehead atoms. The lowest BCUT2D eigenvalue weighted by Gasteiger charge is -2.29. The molecule has 42 heavy (non-hydrogen) atoms. The summed E-state index contributed by atoms with van der Waals surface area (Å²) in [6, 6.07) is 1.58. The van der Waals surface area contributed by atoms with Gasteiger partial charge in [-0.15, -0.1) is 19.0 Å². The number of amides is 1. The highest BCUT2D eigenvalue weighted by Gasteiger charge is 2.30. The number of hydrogen-bond donors (Lipinski definition) is 4. The number of nitrogens with zero attached hydrogens (tertiary/aromatic N) is 1. The summed E-state index contributed by atoms with van der Waals surface area (Å²) in [6.07, 6.45) is 6.19. The number of carbonyl (C=O) groups excluding carboxylic acids is 1. The van der Waals surface area contributed by atoms with Gasteiger partial charge in [0.25, 0.3) is 0 Å². The van der Waals surface area contributed by atoms with E-state index in [1.165, 1.54) is 7.11 Å². The van der Waals surface area contributed by atoms with Crippen LogP contribution in [0.3, 0.4) is 0 Å². The van der Waals surface area contributed by atoms with Crippen molar-refractivity contribution >= 4 is 40.9 Å². The van der Waals surface area contributed by atoms with Gasteiger partial charge in [0.05, 0.1) is 17.9 Å². The molecule has 0 radical (unpaired) electrons. The lowest BCUT2D eigenvalue weighted by molar-refractivity contribution is -0.0398. The summed E-state index contributed by atoms with van der Waals surface area (Å²) in [5.74, 6) is 0.142. The molecule has 0 saturated heterocycles. The molecular weight excluding hydrogens is 562 g/mol. The first-order valence-corrected chi connectivity index (χ1v) is 13.7. The molecule has 232 valence electrons. The van der Waals surface area contributed by atoms with Crippen molar-refractivity contribution in [3.8, 4) is 5.75 Å². The number of phenolic OH excluding ortho intramolecular Hbond substituents is 1. The second-order valence-corrected chi connectivity index (χ2v) is 10.7. The number of aromatic hydroxyl groups is 1. The van der Waals surface area contributed by atoms with Gasteiger partial charge in [-0.1, -0.05) is 44.2 Å². The number of ether oxygens (including phenoxy) is 3. The van der Waals surface area contributed by atoms with Gasteiger partial charge in [0.1, 0.15) is 17.4 Å². The Bertz CT molecular complexity index is 1320. The first kappa shape index (κ1) is 34.9. The molecule has 0 fully saturated rings. The minimum atomic E-state index is -0.934. The summed E-state index contributed by atoms with van der Waals surface area (Å²) in [7, 11) is 3.08. The average molecular weight is 606 g/mol. The standard InChI is InChI=1S/C31H43N3O7.ClH/c1-8-12-33-26-21-13-17(2)14-25(39-7)27(36)19(4)15-20(5)28(41-31(32)37)24(38-6)11-9-10-18(3)30-34-22(16-23(26)35)29(21)40-30;/h8-11,15-17,19,24-25,27-28,33,35-36H,1,12-14H2,2-7H3,(H2,32,37);1H/b11-9-,18-10+,20-15+;/t17-,19+,24+,25+,27-,28+;/m1./s1. The number of aliphatic hydroxyl groups is 1. The molecule has 0 spiro atoms. The lowest BCUT2D eigenvalue weighted by atomic mass is 9.87. The monoisotopic (exact) mass is 605 g/mol. The highest BCUT2D eigenvalue weighted by Crippen LogP contribution is 2.38. The van der Waals surface area contributed by atoms with E-state index < -0.39 is 30.5 Å². The van der Waals surface area contributed by atoms with E-state index in [9.17, 15) is 15.0 Å². The number of oxazole rings is 1. The van der Waals surface area contributed by atoms with Crippen molar-refractivity contribution in [2.75, 3.05) is 26.1 Å². The fourth-order valence-corrected chi connectivity index (χ4v) is 5.23. The number of benzene rings is 1. The third-order valence-electron chi connectivity index (χ3n) is 7.36. The molecule has 6 atom stereocenters. The van der Waals surface area contributed by atoms with E-state index in [0.717, 1.165) is 11.1 Å². The van der Waals surface area contributed by atoms with Crippen molar-refractivity contribution in [1.29, 1.82) is 0 Å². The molecule has 1 aliphatic heterocycles. The van der Waals surface area contributed by atoms with Crippen LogP contribution in [0.1, 0.15) is 45.6 Å². The zero-order valence-electron chi connectivity index (χ0n) is 25.1. The molecule has 1 aliphatic rings. The molecule has 0 aliphatic carbocycles. The summed E-state index contributed by atoms with van der Waals surface area (Å²) in [5, 5.41) is 25.4. The van der Waals surface area contributed by atoms with Gasteiger partial charge >= 0.3 is 6.09 Å². The Balaban J connectivity index is 0.00000616. The normalized spacial score (nSPS) is 28.7. The van der Waals surface area contributed by atoms with Crippen LogP contribution < -0.4 is 11.1 Å². The Hall–Kier alpha value is -3.31. The van der Waals surface area contributed by atoms with Gasteiger partial charge in [-0.2, -0.15) is 0 Å². The zero-order chi connectivity index (χ0) is 30.3. The summed E-state index contributed by atoms with van der Waals surface area (Å²) in [5.41, 5.74) is 9.25. The predicted octanol–water partition coefficient (Wildman–Crippen LogP) is 5.53. The molecular formula is C31H44ClN3O7. The van der Waals surface area contributed by atoms with Gasteiger partial charge in [0, 0.05) is 43.9 Å². The number of phenols is 1. The summed E-state index contributed by atoms with van der Waals surface area (Å²) in [4.78, 5) is 16.4. The number of nitrogens with two attached hydrogens (primary N) is 1. The van der Waals surface area contributed by atoms with Crippen LogP contribution in [0.15, 0.2) is 53.0 Å². The molecule has 1 aromatic heterocycles. The quantitative estimate of drug-likeness (QED) is 0.246. The molecule has 1 amide bonds. The van der Waals surface area contributed by atoms with Crippen LogP contribution >= 0.6 is 12.4 Å². The minimum Gasteiger partial charge on any atom is -0.506 e. The Kier molecular flexibility index (Phi) is 13.1. The highest BCUT2D eigenvalue weighted by molar-refractivity contribution is 5.88. The number of aromatic nitrogens is 1. The fraction of sp³-hybridized carbons (Fsp3) is 0.484. The predicted molar refractivity (Wildman–Crippen MR) is 167 cm³/mol. The maximum Gasteiger partial charge on any atom is 0.405 e. The minimum absolute atomic E-state index is 0. The Morgan fingerprint density at radius 1 is 1.29 bits per heavy atom. The number of anilines is 1. The van der Waals surface area contributed by atoms with Gasteiger partial charge in [0.2, 0.25) is 5.89 Å². The number of primary amides is 1. The van der Waals surface area contributed by atoms with Crippen molar-refractivity contribution in [2.45, 2.75) is 65.0 Å². The van der Waals surface area contributed by atoms with Crippen LogP contribution in [0, 0.1) is 11.8 Å². The third kappa shape index (κ3) is 8.38. The molecule has 0 saturated carbocycles. The van der Waals surface area contributed by atoms with Crippen LogP contribution in [-0.4, -0.2) is 66.5 Å². The second kappa shape index (κ2) is 15.8. The number of nitrogens with one attached hydrogen (secondary N) is 1. The van der Waals surface area contributed by atoms with Crippen LogP contribution in [0.25, 0.3) is 16.7 Å². The van der Waals surface area contributed by atoms with Crippen molar-refractivity contribution in [2.24, 2.45) is 17.6 Å². The second-order valence-electron chi connectivity index (χ2n) is 10.7. The first-order valence-electron chi connectivity index (χ1n) is 13.7. The number of hydrogen-bond acceptors (Lipinski definition) is 9. The molecule has 10 nitrogen and oxygen atoms in total. The summed E-state index contributed by atoms with van der Waals surface area (Å²) < 4.78 is 23.1. The van der Waals surface area contributed by atoms with Gasteiger partial charge in [-0.3, -0.25) is 0 Å². The van der Waals surface area contributed by atoms with E-state index in [-0.39, 0.29) is 30.0 Å². The number of halogens is 1. The largest absolute Gasteiger partial charge is 0.506 e. The third-order valence-corrected chi connectivity index (χ3v) is 7.36. The molecule has 11 heteroatoms. The van der Waals surface area contributed by atoms with Crippen molar-refractivity contribution in [3.05, 3.63) is 60.1 Å². The van der Waals surface area contributed by atoms with Gasteiger partial charge in [-0.05, 0) is 38.2 Å². The number of methoxy groups -OCH3 is 2. The molecule has 2 aromatic rings. The smallest absolute Gasteiger partial charge is 0.405 e. The summed E-state index contributed by atoms with van der Waals surface area (Å²) >= 11 is 0. The topological polar surface area (TPSA) is 149 Å². The van der Waals surface area contributed by atoms with Crippen molar-refractivity contribution < 1.29 is 33.6 Å². The van der Waals surface area contributed by atoms with Crippen LogP contribution in [0.5, 0.6) is 5.75 Å². The number of rotatable bonds is 6. The molecule has 1 aromatic carbocycles. The van der Waals surface area contributed by atoms with Gasteiger partial charge in [-0.25, -0.2) is 9.78 Å².